The lowest BCUT2D eigenvalue weighted by Crippen LogP contribution is -2.30. The van der Waals surface area contributed by atoms with E-state index >= 15 is 0 Å². The van der Waals surface area contributed by atoms with Crippen LogP contribution >= 0.6 is 34.8 Å². The van der Waals surface area contributed by atoms with E-state index in [9.17, 15) is 9.90 Å². The molecule has 3 aromatic rings. The zero-order valence-electron chi connectivity index (χ0n) is 12.8. The van der Waals surface area contributed by atoms with Crippen LogP contribution in [0.2, 0.25) is 15.1 Å². The molecule has 3 rings (SSSR count). The van der Waals surface area contributed by atoms with Gasteiger partial charge < -0.3 is 9.84 Å². The molecule has 0 spiro atoms. The first kappa shape index (κ1) is 18.0. The zero-order valence-corrected chi connectivity index (χ0v) is 15.1. The molecule has 1 atom stereocenters. The van der Waals surface area contributed by atoms with E-state index < -0.39 is 6.10 Å². The molecule has 1 N–H and O–H groups in total. The van der Waals surface area contributed by atoms with Crippen molar-refractivity contribution in [2.45, 2.75) is 12.6 Å². The van der Waals surface area contributed by atoms with Gasteiger partial charge in [-0.05, 0) is 36.4 Å². The minimum atomic E-state index is -0.901. The Morgan fingerprint density at radius 3 is 2.56 bits per heavy atom. The smallest absolute Gasteiger partial charge is 0.261 e. The SMILES string of the molecule is O=c1c2cc(Cl)cc(Cl)c2ncn1C[C@H](O)COc1ccc(Cl)cc1. The van der Waals surface area contributed by atoms with Crippen LogP contribution in [0.15, 0.2) is 47.5 Å². The molecule has 1 heterocycles. The molecular weight excluding hydrogens is 387 g/mol. The number of hydrogen-bond acceptors (Lipinski definition) is 4. The number of fused-ring (bicyclic) bond motifs is 1. The third-order valence-corrected chi connectivity index (χ3v) is 4.27. The largest absolute Gasteiger partial charge is 0.491 e. The van der Waals surface area contributed by atoms with E-state index in [-0.39, 0.29) is 18.7 Å². The number of benzene rings is 2. The lowest BCUT2D eigenvalue weighted by Gasteiger charge is -2.14. The molecule has 2 aromatic carbocycles. The van der Waals surface area contributed by atoms with Crippen molar-refractivity contribution in [3.63, 3.8) is 0 Å². The summed E-state index contributed by atoms with van der Waals surface area (Å²) in [4.78, 5) is 16.7. The molecule has 0 aliphatic rings. The zero-order chi connectivity index (χ0) is 18.0. The Morgan fingerprint density at radius 2 is 1.84 bits per heavy atom. The van der Waals surface area contributed by atoms with Gasteiger partial charge in [-0.2, -0.15) is 0 Å². The van der Waals surface area contributed by atoms with Gasteiger partial charge in [-0.15, -0.1) is 0 Å². The average molecular weight is 400 g/mol. The van der Waals surface area contributed by atoms with Gasteiger partial charge in [0.15, 0.2) is 0 Å². The van der Waals surface area contributed by atoms with Gasteiger partial charge in [-0.1, -0.05) is 34.8 Å². The summed E-state index contributed by atoms with van der Waals surface area (Å²) in [5.41, 5.74) is 0.0409. The highest BCUT2D eigenvalue weighted by molar-refractivity contribution is 6.38. The van der Waals surface area contributed by atoms with Crippen LogP contribution in [0, 0.1) is 0 Å². The maximum absolute atomic E-state index is 12.5. The van der Waals surface area contributed by atoms with E-state index in [1.165, 1.54) is 23.0 Å². The fourth-order valence-corrected chi connectivity index (χ4v) is 3.00. The second-order valence-corrected chi connectivity index (χ2v) is 6.68. The molecule has 0 unspecified atom stereocenters. The van der Waals surface area contributed by atoms with Crippen molar-refractivity contribution in [2.24, 2.45) is 0 Å². The topological polar surface area (TPSA) is 64.4 Å². The number of aromatic nitrogens is 2. The molecule has 0 amide bonds. The number of aliphatic hydroxyl groups excluding tert-OH is 1. The fourth-order valence-electron chi connectivity index (χ4n) is 2.33. The van der Waals surface area contributed by atoms with Gasteiger partial charge in [0.2, 0.25) is 0 Å². The summed E-state index contributed by atoms with van der Waals surface area (Å²) in [7, 11) is 0. The van der Waals surface area contributed by atoms with E-state index in [0.29, 0.717) is 31.7 Å². The first-order valence-electron chi connectivity index (χ1n) is 7.34. The summed E-state index contributed by atoms with van der Waals surface area (Å²) < 4.78 is 6.77. The van der Waals surface area contributed by atoms with Gasteiger partial charge in [-0.3, -0.25) is 9.36 Å². The predicted octanol–water partition coefficient (Wildman–Crippen LogP) is 3.80. The molecule has 8 heteroatoms. The summed E-state index contributed by atoms with van der Waals surface area (Å²) in [5, 5.41) is 11.7. The lowest BCUT2D eigenvalue weighted by molar-refractivity contribution is 0.0915. The Kier molecular flexibility index (Phi) is 5.49. The summed E-state index contributed by atoms with van der Waals surface area (Å²) >= 11 is 17.8. The minimum Gasteiger partial charge on any atom is -0.491 e. The van der Waals surface area contributed by atoms with E-state index in [2.05, 4.69) is 4.98 Å². The normalized spacial score (nSPS) is 12.3. The van der Waals surface area contributed by atoms with Crippen LogP contribution in [0.4, 0.5) is 0 Å². The van der Waals surface area contributed by atoms with Crippen LogP contribution in [0.3, 0.4) is 0 Å². The number of halogens is 3. The van der Waals surface area contributed by atoms with Crippen molar-refractivity contribution in [1.29, 1.82) is 0 Å². The second kappa shape index (κ2) is 7.62. The Bertz CT molecular complexity index is 958. The average Bonchev–Trinajstić information content (AvgIpc) is 2.57. The van der Waals surface area contributed by atoms with E-state index in [0.717, 1.165) is 0 Å². The fraction of sp³-hybridized carbons (Fsp3) is 0.176. The van der Waals surface area contributed by atoms with Crippen LogP contribution in [0.25, 0.3) is 10.9 Å². The standard InChI is InChI=1S/C17H13Cl3N2O3/c18-10-1-3-13(4-2-10)25-8-12(23)7-22-9-21-16-14(17(22)24)5-11(19)6-15(16)20/h1-6,9,12,23H,7-8H2/t12-/m0/s1. The molecule has 0 radical (unpaired) electrons. The number of aliphatic hydroxyl groups is 1. The van der Waals surface area contributed by atoms with Crippen molar-refractivity contribution in [1.82, 2.24) is 9.55 Å². The third kappa shape index (κ3) is 4.25. The molecule has 1 aromatic heterocycles. The molecule has 130 valence electrons. The number of ether oxygens (including phenoxy) is 1. The minimum absolute atomic E-state index is 0.0163. The van der Waals surface area contributed by atoms with Gasteiger partial charge in [-0.25, -0.2) is 4.98 Å². The van der Waals surface area contributed by atoms with Crippen LogP contribution in [-0.4, -0.2) is 27.4 Å². The summed E-state index contributed by atoms with van der Waals surface area (Å²) in [6.45, 7) is 0.0436. The third-order valence-electron chi connectivity index (χ3n) is 3.51. The maximum atomic E-state index is 12.5. The molecular formula is C17H13Cl3N2O3. The lowest BCUT2D eigenvalue weighted by atomic mass is 10.2. The van der Waals surface area contributed by atoms with E-state index in [1.807, 2.05) is 0 Å². The Morgan fingerprint density at radius 1 is 1.12 bits per heavy atom. The highest BCUT2D eigenvalue weighted by Gasteiger charge is 2.12. The van der Waals surface area contributed by atoms with E-state index in [1.54, 1.807) is 24.3 Å². The molecule has 0 saturated carbocycles. The molecule has 5 nitrogen and oxygen atoms in total. The Balaban J connectivity index is 1.74. The van der Waals surface area contributed by atoms with Crippen molar-refractivity contribution >= 4 is 45.7 Å². The summed E-state index contributed by atoms with van der Waals surface area (Å²) in [5.74, 6) is 0.575. The first-order valence-corrected chi connectivity index (χ1v) is 8.48. The summed E-state index contributed by atoms with van der Waals surface area (Å²) in [6, 6.07) is 9.80. The van der Waals surface area contributed by atoms with Crippen molar-refractivity contribution in [3.8, 4) is 5.75 Å². The number of hydrogen-bond donors (Lipinski definition) is 1. The van der Waals surface area contributed by atoms with Gasteiger partial charge in [0, 0.05) is 10.0 Å². The van der Waals surface area contributed by atoms with E-state index in [4.69, 9.17) is 39.5 Å². The second-order valence-electron chi connectivity index (χ2n) is 5.40. The molecule has 25 heavy (non-hydrogen) atoms. The molecule has 0 aliphatic heterocycles. The van der Waals surface area contributed by atoms with Gasteiger partial charge in [0.25, 0.3) is 5.56 Å². The van der Waals surface area contributed by atoms with Crippen LogP contribution in [0.5, 0.6) is 5.75 Å². The van der Waals surface area contributed by atoms with Gasteiger partial charge in [0.05, 0.1) is 28.8 Å². The Hall–Kier alpha value is -1.79. The van der Waals surface area contributed by atoms with Crippen LogP contribution in [-0.2, 0) is 6.54 Å². The first-order chi connectivity index (χ1) is 11.9. The number of rotatable bonds is 5. The molecule has 0 bridgehead atoms. The van der Waals surface area contributed by atoms with Gasteiger partial charge in [0.1, 0.15) is 18.5 Å². The quantitative estimate of drug-likeness (QED) is 0.709. The maximum Gasteiger partial charge on any atom is 0.261 e. The molecule has 0 fully saturated rings. The summed E-state index contributed by atoms with van der Waals surface area (Å²) in [6.07, 6.45) is 0.443. The monoisotopic (exact) mass is 398 g/mol. The Labute approximate surface area is 158 Å². The highest BCUT2D eigenvalue weighted by Crippen LogP contribution is 2.24. The highest BCUT2D eigenvalue weighted by atomic mass is 35.5. The van der Waals surface area contributed by atoms with Gasteiger partial charge >= 0.3 is 0 Å². The number of nitrogens with zero attached hydrogens (tertiary/aromatic N) is 2. The van der Waals surface area contributed by atoms with Crippen molar-refractivity contribution in [3.05, 3.63) is 68.1 Å². The molecule has 0 saturated heterocycles. The van der Waals surface area contributed by atoms with Crippen LogP contribution in [0.1, 0.15) is 0 Å². The van der Waals surface area contributed by atoms with Crippen LogP contribution < -0.4 is 10.3 Å². The predicted molar refractivity (Wildman–Crippen MR) is 99.0 cm³/mol. The van der Waals surface area contributed by atoms with Crippen molar-refractivity contribution in [2.75, 3.05) is 6.61 Å². The van der Waals surface area contributed by atoms with Crippen molar-refractivity contribution < 1.29 is 9.84 Å². The molecule has 0 aliphatic carbocycles.